The molecule has 0 spiro atoms. The van der Waals surface area contributed by atoms with Crippen molar-refractivity contribution in [2.24, 2.45) is 11.8 Å². The molecule has 0 aliphatic heterocycles. The molecule has 0 aliphatic carbocycles. The maximum Gasteiger partial charge on any atom is 0.275 e. The average molecular weight is 387 g/mol. The highest BCUT2D eigenvalue weighted by Gasteiger charge is 2.20. The SMILES string of the molecule is CC(C)COc1ccccc1C(CC(C)C)Nc1nn2c(=O)ccnc2s1. The molecule has 1 unspecified atom stereocenters. The number of anilines is 1. The second-order valence-electron chi connectivity index (χ2n) is 7.45. The Labute approximate surface area is 163 Å². The van der Waals surface area contributed by atoms with Gasteiger partial charge in [-0.25, -0.2) is 4.98 Å². The number of ether oxygens (including phenoxy) is 1. The minimum Gasteiger partial charge on any atom is -0.493 e. The summed E-state index contributed by atoms with van der Waals surface area (Å²) in [5, 5.41) is 8.57. The number of nitrogens with one attached hydrogen (secondary N) is 1. The van der Waals surface area contributed by atoms with Crippen LogP contribution in [0.15, 0.2) is 41.3 Å². The van der Waals surface area contributed by atoms with Gasteiger partial charge in [-0.1, -0.05) is 57.2 Å². The molecule has 1 aromatic carbocycles. The summed E-state index contributed by atoms with van der Waals surface area (Å²) in [5.41, 5.74) is 0.928. The molecule has 2 aromatic heterocycles. The lowest BCUT2D eigenvalue weighted by molar-refractivity contribution is 0.267. The van der Waals surface area contributed by atoms with E-state index in [0.717, 1.165) is 17.7 Å². The summed E-state index contributed by atoms with van der Waals surface area (Å²) in [6.45, 7) is 9.33. The third-order valence-corrected chi connectivity index (χ3v) is 4.90. The van der Waals surface area contributed by atoms with Crippen LogP contribution < -0.4 is 15.6 Å². The zero-order valence-corrected chi connectivity index (χ0v) is 17.0. The van der Waals surface area contributed by atoms with Crippen molar-refractivity contribution in [2.75, 3.05) is 11.9 Å². The normalized spacial score (nSPS) is 12.7. The van der Waals surface area contributed by atoms with E-state index in [1.807, 2.05) is 18.2 Å². The van der Waals surface area contributed by atoms with Gasteiger partial charge in [0.15, 0.2) is 0 Å². The van der Waals surface area contributed by atoms with Crippen molar-refractivity contribution in [1.29, 1.82) is 0 Å². The monoisotopic (exact) mass is 386 g/mol. The van der Waals surface area contributed by atoms with E-state index in [2.05, 4.69) is 49.2 Å². The van der Waals surface area contributed by atoms with Crippen molar-refractivity contribution >= 4 is 21.4 Å². The van der Waals surface area contributed by atoms with Gasteiger partial charge in [-0.2, -0.15) is 4.52 Å². The molecule has 0 aliphatic rings. The molecular formula is C20H26N4O2S. The number of nitrogens with zero attached hydrogens (tertiary/aromatic N) is 3. The minimum atomic E-state index is -0.176. The Morgan fingerprint density at radius 2 is 1.93 bits per heavy atom. The van der Waals surface area contributed by atoms with Gasteiger partial charge in [0.05, 0.1) is 12.6 Å². The number of fused-ring (bicyclic) bond motifs is 1. The molecule has 0 amide bonds. The van der Waals surface area contributed by atoms with Crippen LogP contribution in [0.25, 0.3) is 4.96 Å². The molecule has 0 saturated heterocycles. The number of rotatable bonds is 8. The molecule has 0 bridgehead atoms. The number of para-hydroxylation sites is 1. The first-order chi connectivity index (χ1) is 12.9. The molecule has 1 atom stereocenters. The van der Waals surface area contributed by atoms with Crippen LogP contribution in [0.2, 0.25) is 0 Å². The van der Waals surface area contributed by atoms with Crippen molar-refractivity contribution in [3.05, 3.63) is 52.4 Å². The molecule has 0 radical (unpaired) electrons. The Balaban J connectivity index is 1.92. The molecular weight excluding hydrogens is 360 g/mol. The fourth-order valence-corrected chi connectivity index (χ4v) is 3.67. The van der Waals surface area contributed by atoms with E-state index in [9.17, 15) is 4.79 Å². The molecule has 7 heteroatoms. The van der Waals surface area contributed by atoms with E-state index < -0.39 is 0 Å². The van der Waals surface area contributed by atoms with Gasteiger partial charge in [-0.15, -0.1) is 5.10 Å². The summed E-state index contributed by atoms with van der Waals surface area (Å²) >= 11 is 1.37. The van der Waals surface area contributed by atoms with Crippen LogP contribution in [-0.2, 0) is 0 Å². The third-order valence-electron chi connectivity index (χ3n) is 4.04. The van der Waals surface area contributed by atoms with Crippen LogP contribution in [0.3, 0.4) is 0 Å². The van der Waals surface area contributed by atoms with Gasteiger partial charge in [-0.05, 0) is 24.3 Å². The van der Waals surface area contributed by atoms with E-state index >= 15 is 0 Å². The zero-order chi connectivity index (χ0) is 19.4. The smallest absolute Gasteiger partial charge is 0.275 e. The van der Waals surface area contributed by atoms with Gasteiger partial charge in [-0.3, -0.25) is 4.79 Å². The van der Waals surface area contributed by atoms with Gasteiger partial charge < -0.3 is 10.1 Å². The van der Waals surface area contributed by atoms with Crippen molar-refractivity contribution < 1.29 is 4.74 Å². The lowest BCUT2D eigenvalue weighted by Crippen LogP contribution is -2.17. The van der Waals surface area contributed by atoms with Gasteiger partial charge in [0.25, 0.3) is 5.56 Å². The number of hydrogen-bond acceptors (Lipinski definition) is 6. The molecule has 2 heterocycles. The van der Waals surface area contributed by atoms with Crippen molar-refractivity contribution in [3.8, 4) is 5.75 Å². The summed E-state index contributed by atoms with van der Waals surface area (Å²) in [7, 11) is 0. The first kappa shape index (κ1) is 19.4. The standard InChI is InChI=1S/C20H26N4O2S/c1-13(2)11-16(15-7-5-6-8-17(15)26-12-14(3)4)22-19-23-24-18(25)9-10-21-20(24)27-19/h5-10,13-14,16H,11-12H2,1-4H3,(H,22,23). The minimum absolute atomic E-state index is 0.0321. The summed E-state index contributed by atoms with van der Waals surface area (Å²) < 4.78 is 7.39. The molecule has 1 N–H and O–H groups in total. The van der Waals surface area contributed by atoms with E-state index in [0.29, 0.717) is 28.5 Å². The predicted octanol–water partition coefficient (Wildman–Crippen LogP) is 4.39. The van der Waals surface area contributed by atoms with Crippen LogP contribution in [0, 0.1) is 11.8 Å². The fraction of sp³-hybridized carbons (Fsp3) is 0.450. The molecule has 3 rings (SSSR count). The third kappa shape index (κ3) is 4.86. The summed E-state index contributed by atoms with van der Waals surface area (Å²) in [6.07, 6.45) is 2.43. The van der Waals surface area contributed by atoms with Crippen molar-refractivity contribution in [1.82, 2.24) is 14.6 Å². The Morgan fingerprint density at radius 3 is 2.63 bits per heavy atom. The fourth-order valence-electron chi connectivity index (χ4n) is 2.84. The molecule has 6 nitrogen and oxygen atoms in total. The Kier molecular flexibility index (Phi) is 6.11. The van der Waals surface area contributed by atoms with Gasteiger partial charge in [0.2, 0.25) is 10.1 Å². The second kappa shape index (κ2) is 8.52. The summed E-state index contributed by atoms with van der Waals surface area (Å²) in [4.78, 5) is 16.8. The quantitative estimate of drug-likeness (QED) is 0.622. The topological polar surface area (TPSA) is 68.5 Å². The Bertz CT molecular complexity index is 948. The maximum atomic E-state index is 11.9. The van der Waals surface area contributed by atoms with Crippen LogP contribution >= 0.6 is 11.3 Å². The molecule has 0 fully saturated rings. The predicted molar refractivity (Wildman–Crippen MR) is 110 cm³/mol. The van der Waals surface area contributed by atoms with Crippen LogP contribution in [0.4, 0.5) is 5.13 Å². The average Bonchev–Trinajstić information content (AvgIpc) is 3.03. The van der Waals surface area contributed by atoms with Gasteiger partial charge in [0, 0.05) is 17.8 Å². The molecule has 0 saturated carbocycles. The van der Waals surface area contributed by atoms with Crippen LogP contribution in [0.1, 0.15) is 45.7 Å². The number of hydrogen-bond donors (Lipinski definition) is 1. The van der Waals surface area contributed by atoms with Crippen LogP contribution in [0.5, 0.6) is 5.75 Å². The first-order valence-electron chi connectivity index (χ1n) is 9.27. The second-order valence-corrected chi connectivity index (χ2v) is 8.41. The van der Waals surface area contributed by atoms with Crippen molar-refractivity contribution in [2.45, 2.75) is 40.2 Å². The lowest BCUT2D eigenvalue weighted by atomic mass is 9.96. The summed E-state index contributed by atoms with van der Waals surface area (Å²) in [6, 6.07) is 9.57. The highest BCUT2D eigenvalue weighted by molar-refractivity contribution is 7.20. The van der Waals surface area contributed by atoms with Gasteiger partial charge >= 0.3 is 0 Å². The van der Waals surface area contributed by atoms with E-state index in [4.69, 9.17) is 4.74 Å². The highest BCUT2D eigenvalue weighted by atomic mass is 32.1. The Hall–Kier alpha value is -2.41. The molecule has 27 heavy (non-hydrogen) atoms. The van der Waals surface area contributed by atoms with Crippen molar-refractivity contribution in [3.63, 3.8) is 0 Å². The van der Waals surface area contributed by atoms with Crippen LogP contribution in [-0.4, -0.2) is 21.2 Å². The zero-order valence-electron chi connectivity index (χ0n) is 16.2. The molecule has 3 aromatic rings. The van der Waals surface area contributed by atoms with E-state index in [1.54, 1.807) is 0 Å². The van der Waals surface area contributed by atoms with E-state index in [-0.39, 0.29) is 11.6 Å². The van der Waals surface area contributed by atoms with Gasteiger partial charge in [0.1, 0.15) is 5.75 Å². The van der Waals surface area contributed by atoms with E-state index in [1.165, 1.54) is 28.1 Å². The largest absolute Gasteiger partial charge is 0.493 e. The molecule has 144 valence electrons. The number of aromatic nitrogens is 3. The maximum absolute atomic E-state index is 11.9. The Morgan fingerprint density at radius 1 is 1.15 bits per heavy atom. The number of benzene rings is 1. The first-order valence-corrected chi connectivity index (χ1v) is 10.1. The lowest BCUT2D eigenvalue weighted by Gasteiger charge is -2.23. The summed E-state index contributed by atoms with van der Waals surface area (Å²) in [5.74, 6) is 1.83. The highest BCUT2D eigenvalue weighted by Crippen LogP contribution is 2.33.